The molecule has 1 aliphatic rings. The summed E-state index contributed by atoms with van der Waals surface area (Å²) in [5.74, 6) is -6.14. The Morgan fingerprint density at radius 2 is 1.29 bits per heavy atom. The third kappa shape index (κ3) is 20.7. The lowest BCUT2D eigenvalue weighted by molar-refractivity contribution is -0.166. The second-order valence-electron chi connectivity index (χ2n) is 13.7. The first-order valence-electron chi connectivity index (χ1n) is 15.8. The molecule has 1 aromatic rings. The molecule has 0 aromatic heterocycles. The van der Waals surface area contributed by atoms with Crippen LogP contribution in [-0.2, 0) is 63.6 Å². The molecule has 0 amide bonds. The summed E-state index contributed by atoms with van der Waals surface area (Å²) in [6.45, 7) is 6.18. The number of hydrogen-bond acceptors (Lipinski definition) is 15. The van der Waals surface area contributed by atoms with Gasteiger partial charge in [0.1, 0.15) is 44.4 Å². The zero-order chi connectivity index (χ0) is 37.0. The van der Waals surface area contributed by atoms with E-state index in [1.807, 2.05) is 0 Å². The van der Waals surface area contributed by atoms with Gasteiger partial charge in [-0.3, -0.25) is 24.0 Å². The van der Waals surface area contributed by atoms with Gasteiger partial charge >= 0.3 is 29.8 Å². The summed E-state index contributed by atoms with van der Waals surface area (Å²) >= 11 is 0. The monoisotopic (exact) mass is 809 g/mol. The third-order valence-electron chi connectivity index (χ3n) is 7.88. The number of ether oxygens (including phenoxy) is 6. The summed E-state index contributed by atoms with van der Waals surface area (Å²) in [6.07, 6.45) is -2.43. The molecule has 1 aromatic carbocycles. The normalized spacial score (nSPS) is 14.6. The lowest BCUT2D eigenvalue weighted by Gasteiger charge is -2.37. The average Bonchev–Trinajstić information content (AvgIpc) is 3.88. The van der Waals surface area contributed by atoms with Gasteiger partial charge in [-0.2, -0.15) is 0 Å². The van der Waals surface area contributed by atoms with Crippen LogP contribution in [0, 0.1) is 22.2 Å². The Morgan fingerprint density at radius 1 is 0.768 bits per heavy atom. The summed E-state index contributed by atoms with van der Waals surface area (Å²) in [6, 6.07) is 5.65. The van der Waals surface area contributed by atoms with Gasteiger partial charge in [0.05, 0.1) is 42.5 Å². The van der Waals surface area contributed by atoms with Crippen molar-refractivity contribution in [3.8, 4) is 5.75 Å². The molecule has 0 bridgehead atoms. The van der Waals surface area contributed by atoms with Crippen LogP contribution >= 0.6 is 0 Å². The Morgan fingerprint density at radius 3 is 1.79 bits per heavy atom. The second-order valence-corrected chi connectivity index (χ2v) is 13.7. The van der Waals surface area contributed by atoms with Gasteiger partial charge in [0.2, 0.25) is 5.78 Å². The van der Waals surface area contributed by atoms with Crippen molar-refractivity contribution in [2.45, 2.75) is 124 Å². The molecule has 0 saturated carbocycles. The van der Waals surface area contributed by atoms with E-state index in [1.54, 1.807) is 13.8 Å². The molecule has 1 saturated heterocycles. The number of phenolic OH excluding ortho intramolecular Hbond substituents is 1. The van der Waals surface area contributed by atoms with Crippen molar-refractivity contribution in [1.29, 1.82) is 0 Å². The van der Waals surface area contributed by atoms with E-state index in [1.165, 1.54) is 52.1 Å². The Balaban J connectivity index is -0.000000893. The minimum absolute atomic E-state index is 0. The highest BCUT2D eigenvalue weighted by Crippen LogP contribution is 2.43. The van der Waals surface area contributed by atoms with E-state index in [0.29, 0.717) is 12.2 Å². The largest absolute Gasteiger partial charge is 0.508 e. The summed E-state index contributed by atoms with van der Waals surface area (Å²) in [7, 11) is 1.17. The molecule has 0 spiro atoms. The lowest BCUT2D eigenvalue weighted by Crippen LogP contribution is -2.42. The maximum absolute atomic E-state index is 13.2. The highest BCUT2D eigenvalue weighted by Gasteiger charge is 2.48. The minimum Gasteiger partial charge on any atom is -0.508 e. The number of Topliss-reactive ketones (excluding diaryl/α,β-unsaturated/α-hetero) is 1. The Kier molecular flexibility index (Phi) is 32.3. The van der Waals surface area contributed by atoms with Gasteiger partial charge in [-0.25, -0.2) is 4.79 Å². The number of esters is 5. The van der Waals surface area contributed by atoms with Crippen LogP contribution in [0.2, 0.25) is 0 Å². The molecule has 0 aliphatic carbocycles. The standard InChI is InChI=1S/C34H48O15.7CH4/c1-32(2,29(41)48-17-24(37)16-47-28(40)26(38)13-21-7-9-23(36)10-8-21)14-22(27(39)45-12-11-35)15-34(5,31(43)44-6)20-33(3,4)30(42)49-19-25-18-46-25;;;;;;;/h7-10,22,24-25,35-37H,11-20H2,1-6H3;7*1H4. The van der Waals surface area contributed by atoms with Crippen LogP contribution < -0.4 is 0 Å². The van der Waals surface area contributed by atoms with Crippen LogP contribution in [0.25, 0.3) is 0 Å². The molecule has 15 nitrogen and oxygen atoms in total. The number of methoxy groups -OCH3 is 1. The van der Waals surface area contributed by atoms with Crippen molar-refractivity contribution in [2.24, 2.45) is 22.2 Å². The van der Waals surface area contributed by atoms with Crippen LogP contribution in [0.3, 0.4) is 0 Å². The molecule has 3 N–H and O–H groups in total. The molecule has 56 heavy (non-hydrogen) atoms. The Hall–Kier alpha value is -4.08. The van der Waals surface area contributed by atoms with Crippen molar-refractivity contribution in [1.82, 2.24) is 0 Å². The summed E-state index contributed by atoms with van der Waals surface area (Å²) < 4.78 is 30.8. The number of carbonyl (C=O) groups is 6. The van der Waals surface area contributed by atoms with Crippen molar-refractivity contribution in [2.75, 3.05) is 46.8 Å². The maximum atomic E-state index is 13.2. The zero-order valence-corrected chi connectivity index (χ0v) is 28.9. The molecule has 0 radical (unpaired) electrons. The molecular weight excluding hydrogens is 732 g/mol. The number of ketones is 1. The quantitative estimate of drug-likeness (QED) is 0.0569. The number of benzene rings is 1. The maximum Gasteiger partial charge on any atom is 0.375 e. The molecule has 4 atom stereocenters. The topological polar surface area (TPSA) is 222 Å². The summed E-state index contributed by atoms with van der Waals surface area (Å²) in [5.41, 5.74) is -3.56. The SMILES string of the molecule is C.C.C.C.C.C.C.COC(=O)C(C)(CC(CC(C)(C)C(=O)OCC(O)COC(=O)C(=O)Cc1ccc(O)cc1)C(=O)OCCO)CC(C)(C)C(=O)OCC1CO1. The van der Waals surface area contributed by atoms with E-state index in [4.69, 9.17) is 28.4 Å². The predicted octanol–water partition coefficient (Wildman–Crippen LogP) is 5.90. The fraction of sp³-hybridized carbons (Fsp3) is 0.707. The number of hydrogen-bond donors (Lipinski definition) is 3. The molecule has 2 rings (SSSR count). The summed E-state index contributed by atoms with van der Waals surface area (Å²) in [4.78, 5) is 76.6. The molecule has 1 fully saturated rings. The van der Waals surface area contributed by atoms with Crippen LogP contribution in [0.15, 0.2) is 24.3 Å². The second kappa shape index (κ2) is 28.3. The zero-order valence-electron chi connectivity index (χ0n) is 28.9. The van der Waals surface area contributed by atoms with E-state index < -0.39 is 83.7 Å². The molecule has 330 valence electrons. The van der Waals surface area contributed by atoms with Gasteiger partial charge in [0, 0.05) is 6.42 Å². The fourth-order valence-corrected chi connectivity index (χ4v) is 5.34. The number of epoxide rings is 1. The predicted molar refractivity (Wildman–Crippen MR) is 216 cm³/mol. The number of phenols is 1. The highest BCUT2D eigenvalue weighted by atomic mass is 16.6. The molecule has 1 aliphatic heterocycles. The van der Waals surface area contributed by atoms with Gasteiger partial charge in [-0.1, -0.05) is 64.1 Å². The first-order valence-corrected chi connectivity index (χ1v) is 15.8. The van der Waals surface area contributed by atoms with Crippen LogP contribution in [0.5, 0.6) is 5.75 Å². The van der Waals surface area contributed by atoms with E-state index in [-0.39, 0.29) is 103 Å². The molecule has 15 heteroatoms. The highest BCUT2D eigenvalue weighted by molar-refractivity contribution is 6.34. The number of carbonyl (C=O) groups excluding carboxylic acids is 6. The summed E-state index contributed by atoms with van der Waals surface area (Å²) in [5, 5.41) is 28.8. The van der Waals surface area contributed by atoms with Crippen molar-refractivity contribution in [3.05, 3.63) is 29.8 Å². The average molecular weight is 809 g/mol. The number of aliphatic hydroxyl groups is 2. The molecule has 4 unspecified atom stereocenters. The van der Waals surface area contributed by atoms with E-state index in [2.05, 4.69) is 0 Å². The van der Waals surface area contributed by atoms with Crippen molar-refractivity contribution < 1.29 is 72.5 Å². The fourth-order valence-electron chi connectivity index (χ4n) is 5.34. The first-order chi connectivity index (χ1) is 22.8. The van der Waals surface area contributed by atoms with E-state index in [0.717, 1.165) is 0 Å². The van der Waals surface area contributed by atoms with Gasteiger partial charge in [0.15, 0.2) is 0 Å². The van der Waals surface area contributed by atoms with Crippen molar-refractivity contribution >= 4 is 35.6 Å². The number of aliphatic hydroxyl groups excluding tert-OH is 2. The minimum atomic E-state index is -1.48. The molecular formula is C41H76O15. The van der Waals surface area contributed by atoms with Crippen LogP contribution in [0.4, 0.5) is 0 Å². The van der Waals surface area contributed by atoms with Crippen molar-refractivity contribution in [3.63, 3.8) is 0 Å². The first kappa shape index (κ1) is 63.8. The van der Waals surface area contributed by atoms with Crippen LogP contribution in [0.1, 0.15) is 111 Å². The Bertz CT molecular complexity index is 1320. The Labute approximate surface area is 336 Å². The van der Waals surface area contributed by atoms with E-state index >= 15 is 0 Å². The number of aromatic hydroxyl groups is 1. The van der Waals surface area contributed by atoms with Gasteiger partial charge in [0.25, 0.3) is 0 Å². The van der Waals surface area contributed by atoms with Crippen LogP contribution in [-0.4, -0.2) is 110 Å². The van der Waals surface area contributed by atoms with Gasteiger partial charge < -0.3 is 43.7 Å². The van der Waals surface area contributed by atoms with E-state index in [9.17, 15) is 44.1 Å². The van der Waals surface area contributed by atoms with Gasteiger partial charge in [-0.05, 0) is 71.6 Å². The number of rotatable bonds is 21. The smallest absolute Gasteiger partial charge is 0.375 e. The lowest BCUT2D eigenvalue weighted by atomic mass is 9.67. The van der Waals surface area contributed by atoms with Gasteiger partial charge in [-0.15, -0.1) is 0 Å². The third-order valence-corrected chi connectivity index (χ3v) is 7.88. The molecule has 1 heterocycles.